The number of aryl methyl sites for hydroxylation is 1. The van der Waals surface area contributed by atoms with Gasteiger partial charge in [-0.1, -0.05) is 35.3 Å². The molecule has 0 spiro atoms. The Hall–Kier alpha value is -1.56. The Kier molecular flexibility index (Phi) is 4.48. The molecule has 1 saturated carbocycles. The van der Waals surface area contributed by atoms with Crippen molar-refractivity contribution in [1.29, 1.82) is 0 Å². The number of nitrogens with one attached hydrogen (secondary N) is 1. The molecule has 2 heterocycles. The number of carbonyl (C=O) groups excluding carboxylic acids is 1. The second-order valence-electron chi connectivity index (χ2n) is 6.74. The fourth-order valence-electron chi connectivity index (χ4n) is 3.73. The Labute approximate surface area is 156 Å². The summed E-state index contributed by atoms with van der Waals surface area (Å²) in [5, 5.41) is 4.49. The predicted octanol–water partition coefficient (Wildman–Crippen LogP) is 3.00. The average molecular weight is 379 g/mol. The number of imidazole rings is 1. The van der Waals surface area contributed by atoms with Gasteiger partial charge in [0.2, 0.25) is 5.91 Å². The quantitative estimate of drug-likeness (QED) is 0.892. The van der Waals surface area contributed by atoms with E-state index in [0.717, 1.165) is 30.9 Å². The van der Waals surface area contributed by atoms with Crippen LogP contribution in [0.2, 0.25) is 10.0 Å². The minimum atomic E-state index is -0.0302. The lowest BCUT2D eigenvalue weighted by atomic mass is 10.1. The second-order valence-corrected chi connectivity index (χ2v) is 7.52. The summed E-state index contributed by atoms with van der Waals surface area (Å²) in [6.07, 6.45) is 4.52. The number of hydrogen-bond acceptors (Lipinski definition) is 3. The highest BCUT2D eigenvalue weighted by atomic mass is 35.5. The number of halogens is 2. The van der Waals surface area contributed by atoms with E-state index < -0.39 is 0 Å². The van der Waals surface area contributed by atoms with E-state index in [2.05, 4.69) is 10.3 Å². The molecule has 2 aromatic rings. The summed E-state index contributed by atoms with van der Waals surface area (Å²) in [5.41, 5.74) is 0.983. The van der Waals surface area contributed by atoms with Crippen LogP contribution in [0, 0.1) is 5.92 Å². The Morgan fingerprint density at radius 1 is 1.36 bits per heavy atom. The lowest BCUT2D eigenvalue weighted by molar-refractivity contribution is -0.136. The number of aromatic nitrogens is 2. The maximum atomic E-state index is 13.1. The molecule has 1 saturated heterocycles. The molecule has 5 nitrogen and oxygen atoms in total. The van der Waals surface area contributed by atoms with Gasteiger partial charge in [-0.25, -0.2) is 4.98 Å². The first-order valence-electron chi connectivity index (χ1n) is 8.50. The molecule has 1 aliphatic heterocycles. The van der Waals surface area contributed by atoms with Crippen molar-refractivity contribution in [2.24, 2.45) is 13.0 Å². The lowest BCUT2D eigenvalue weighted by Crippen LogP contribution is -2.50. The number of hydrogen-bond donors (Lipinski definition) is 1. The molecule has 1 aromatic carbocycles. The van der Waals surface area contributed by atoms with E-state index in [9.17, 15) is 4.79 Å². The van der Waals surface area contributed by atoms with E-state index in [1.165, 1.54) is 0 Å². The summed E-state index contributed by atoms with van der Waals surface area (Å²) >= 11 is 12.5. The molecule has 4 rings (SSSR count). The van der Waals surface area contributed by atoms with Crippen LogP contribution < -0.4 is 5.32 Å². The van der Waals surface area contributed by atoms with Gasteiger partial charge in [-0.15, -0.1) is 0 Å². The number of carbonyl (C=O) groups is 1. The maximum absolute atomic E-state index is 13.1. The highest BCUT2D eigenvalue weighted by Gasteiger charge is 2.48. The topological polar surface area (TPSA) is 50.2 Å². The summed E-state index contributed by atoms with van der Waals surface area (Å²) in [6, 6.07) is 5.61. The molecule has 1 aromatic heterocycles. The third-order valence-electron chi connectivity index (χ3n) is 5.17. The third kappa shape index (κ3) is 3.05. The highest BCUT2D eigenvalue weighted by molar-refractivity contribution is 6.42. The Balaban J connectivity index is 1.54. The zero-order chi connectivity index (χ0) is 17.6. The van der Waals surface area contributed by atoms with Crippen LogP contribution in [-0.2, 0) is 11.8 Å². The fraction of sp³-hybridized carbons (Fsp3) is 0.444. The largest absolute Gasteiger partial charge is 0.336 e. The fourth-order valence-corrected chi connectivity index (χ4v) is 4.18. The summed E-state index contributed by atoms with van der Waals surface area (Å²) < 4.78 is 1.98. The van der Waals surface area contributed by atoms with Gasteiger partial charge in [0.1, 0.15) is 11.9 Å². The molecule has 1 aliphatic carbocycles. The SMILES string of the molecule is Cn1ccnc1C1CNCCN1C(=O)C1CC1c1cccc(Cl)c1Cl. The predicted molar refractivity (Wildman–Crippen MR) is 97.8 cm³/mol. The van der Waals surface area contributed by atoms with Crippen LogP contribution in [0.4, 0.5) is 0 Å². The van der Waals surface area contributed by atoms with E-state index in [1.807, 2.05) is 34.8 Å². The third-order valence-corrected chi connectivity index (χ3v) is 6.01. The standard InChI is InChI=1S/C18H20Cl2N4O/c1-23-7-6-22-17(23)15-10-21-5-8-24(15)18(25)13-9-12(13)11-3-2-4-14(19)16(11)20/h2-4,6-7,12-13,15,21H,5,8-10H2,1H3. The molecule has 2 fully saturated rings. The van der Waals surface area contributed by atoms with Crippen molar-refractivity contribution in [2.45, 2.75) is 18.4 Å². The summed E-state index contributed by atoms with van der Waals surface area (Å²) in [6.45, 7) is 2.23. The normalized spacial score (nSPS) is 25.9. The van der Waals surface area contributed by atoms with Crippen molar-refractivity contribution in [3.8, 4) is 0 Å². The van der Waals surface area contributed by atoms with Crippen molar-refractivity contribution in [2.75, 3.05) is 19.6 Å². The number of benzene rings is 1. The van der Waals surface area contributed by atoms with Crippen LogP contribution >= 0.6 is 23.2 Å². The number of rotatable bonds is 3. The summed E-state index contributed by atoms with van der Waals surface area (Å²) in [4.78, 5) is 19.6. The second kappa shape index (κ2) is 6.63. The minimum absolute atomic E-state index is 0.0168. The molecule has 3 unspecified atom stereocenters. The van der Waals surface area contributed by atoms with E-state index in [4.69, 9.17) is 23.2 Å². The van der Waals surface area contributed by atoms with Crippen molar-refractivity contribution in [3.63, 3.8) is 0 Å². The van der Waals surface area contributed by atoms with Crippen LogP contribution in [0.5, 0.6) is 0 Å². The van der Waals surface area contributed by atoms with Crippen molar-refractivity contribution < 1.29 is 4.79 Å². The molecule has 3 atom stereocenters. The van der Waals surface area contributed by atoms with E-state index in [0.29, 0.717) is 16.6 Å². The highest BCUT2D eigenvalue weighted by Crippen LogP contribution is 2.52. The molecule has 2 aliphatic rings. The molecule has 7 heteroatoms. The molecule has 132 valence electrons. The van der Waals surface area contributed by atoms with Crippen LogP contribution in [0.1, 0.15) is 29.8 Å². The van der Waals surface area contributed by atoms with Gasteiger partial charge in [0.25, 0.3) is 0 Å². The first-order valence-corrected chi connectivity index (χ1v) is 9.26. The van der Waals surface area contributed by atoms with E-state index in [1.54, 1.807) is 12.3 Å². The molecular formula is C18H20Cl2N4O. The number of piperazine rings is 1. The van der Waals surface area contributed by atoms with Gasteiger partial charge in [-0.05, 0) is 24.0 Å². The molecule has 25 heavy (non-hydrogen) atoms. The lowest BCUT2D eigenvalue weighted by Gasteiger charge is -2.36. The van der Waals surface area contributed by atoms with Crippen LogP contribution in [0.3, 0.4) is 0 Å². The van der Waals surface area contributed by atoms with Crippen LogP contribution in [0.25, 0.3) is 0 Å². The first-order chi connectivity index (χ1) is 12.1. The molecule has 0 bridgehead atoms. The minimum Gasteiger partial charge on any atom is -0.336 e. The Morgan fingerprint density at radius 2 is 2.20 bits per heavy atom. The molecule has 1 amide bonds. The zero-order valence-electron chi connectivity index (χ0n) is 14.0. The summed E-state index contributed by atoms with van der Waals surface area (Å²) in [5.74, 6) is 1.25. The number of amides is 1. The van der Waals surface area contributed by atoms with Crippen molar-refractivity contribution >= 4 is 29.1 Å². The van der Waals surface area contributed by atoms with Gasteiger partial charge < -0.3 is 14.8 Å². The van der Waals surface area contributed by atoms with Gasteiger partial charge in [-0.3, -0.25) is 4.79 Å². The smallest absolute Gasteiger partial charge is 0.227 e. The Morgan fingerprint density at radius 3 is 2.96 bits per heavy atom. The monoisotopic (exact) mass is 378 g/mol. The Bertz CT molecular complexity index is 806. The molecule has 1 N–H and O–H groups in total. The van der Waals surface area contributed by atoms with Gasteiger partial charge in [-0.2, -0.15) is 0 Å². The summed E-state index contributed by atoms with van der Waals surface area (Å²) in [7, 11) is 1.96. The van der Waals surface area contributed by atoms with E-state index >= 15 is 0 Å². The zero-order valence-corrected chi connectivity index (χ0v) is 15.5. The van der Waals surface area contributed by atoms with Crippen molar-refractivity contribution in [1.82, 2.24) is 19.8 Å². The maximum Gasteiger partial charge on any atom is 0.227 e. The number of nitrogens with zero attached hydrogens (tertiary/aromatic N) is 3. The molecule has 0 radical (unpaired) electrons. The average Bonchev–Trinajstić information content (AvgIpc) is 3.30. The van der Waals surface area contributed by atoms with Gasteiger partial charge in [0.15, 0.2) is 0 Å². The van der Waals surface area contributed by atoms with Gasteiger partial charge >= 0.3 is 0 Å². The van der Waals surface area contributed by atoms with E-state index in [-0.39, 0.29) is 23.8 Å². The van der Waals surface area contributed by atoms with Crippen LogP contribution in [0.15, 0.2) is 30.6 Å². The van der Waals surface area contributed by atoms with Gasteiger partial charge in [0.05, 0.1) is 10.0 Å². The van der Waals surface area contributed by atoms with Crippen molar-refractivity contribution in [3.05, 3.63) is 52.0 Å². The molecular weight excluding hydrogens is 359 g/mol. The van der Waals surface area contributed by atoms with Gasteiger partial charge in [0, 0.05) is 45.0 Å². The van der Waals surface area contributed by atoms with Crippen LogP contribution in [-0.4, -0.2) is 40.0 Å². The first kappa shape index (κ1) is 16.9.